The average Bonchev–Trinajstić information content (AvgIpc) is 2.84. The molecule has 0 saturated carbocycles. The van der Waals surface area contributed by atoms with Crippen molar-refractivity contribution < 1.29 is 9.90 Å². The largest absolute Gasteiger partial charge is 0.478 e. The molecular weight excluding hydrogens is 292 g/mol. The van der Waals surface area contributed by atoms with Gasteiger partial charge in [0, 0.05) is 9.75 Å². The van der Waals surface area contributed by atoms with Gasteiger partial charge in [0.15, 0.2) is 0 Å². The van der Waals surface area contributed by atoms with Gasteiger partial charge >= 0.3 is 5.97 Å². The predicted octanol–water partition coefficient (Wildman–Crippen LogP) is 5.19. The van der Waals surface area contributed by atoms with E-state index in [0.717, 1.165) is 41.7 Å². The molecular formula is C19H22O2S. The fraction of sp³-hybridized carbons (Fsp3) is 0.421. The second-order valence-electron chi connectivity index (χ2n) is 6.91. The molecule has 116 valence electrons. The minimum atomic E-state index is -0.785. The standard InChI is InChI=1S/C19H22O2S/c1-4-12-6-5-7-13(10-12)17-16(18(20)21)14-11-19(2,3)9-8-15(14)22-17/h5-7,10H,4,8-9,11H2,1-3H3,(H,20,21). The Morgan fingerprint density at radius 2 is 2.14 bits per heavy atom. The highest BCUT2D eigenvalue weighted by Crippen LogP contribution is 2.45. The maximum atomic E-state index is 11.9. The van der Waals surface area contributed by atoms with Crippen LogP contribution in [-0.4, -0.2) is 11.1 Å². The lowest BCUT2D eigenvalue weighted by atomic mass is 9.76. The minimum absolute atomic E-state index is 0.195. The maximum Gasteiger partial charge on any atom is 0.337 e. The second-order valence-corrected chi connectivity index (χ2v) is 8.01. The molecule has 1 N–H and O–H groups in total. The smallest absolute Gasteiger partial charge is 0.337 e. The van der Waals surface area contributed by atoms with Crippen molar-refractivity contribution in [3.05, 3.63) is 45.8 Å². The molecule has 1 aromatic carbocycles. The van der Waals surface area contributed by atoms with E-state index < -0.39 is 5.97 Å². The summed E-state index contributed by atoms with van der Waals surface area (Å²) in [5.41, 5.74) is 4.11. The molecule has 0 unspecified atom stereocenters. The molecule has 1 aliphatic carbocycles. The van der Waals surface area contributed by atoms with Crippen molar-refractivity contribution in [2.45, 2.75) is 46.5 Å². The van der Waals surface area contributed by atoms with Crippen LogP contribution in [0, 0.1) is 5.41 Å². The molecule has 0 atom stereocenters. The normalized spacial score (nSPS) is 16.3. The first kappa shape index (κ1) is 15.3. The molecule has 0 aliphatic heterocycles. The third-order valence-electron chi connectivity index (χ3n) is 4.59. The number of aryl methyl sites for hydroxylation is 2. The van der Waals surface area contributed by atoms with E-state index in [-0.39, 0.29) is 5.41 Å². The molecule has 1 heterocycles. The molecule has 0 bridgehead atoms. The van der Waals surface area contributed by atoms with Gasteiger partial charge in [0.1, 0.15) is 0 Å². The summed E-state index contributed by atoms with van der Waals surface area (Å²) < 4.78 is 0. The molecule has 2 nitrogen and oxygen atoms in total. The first-order valence-electron chi connectivity index (χ1n) is 7.88. The maximum absolute atomic E-state index is 11.9. The van der Waals surface area contributed by atoms with Crippen molar-refractivity contribution >= 4 is 17.3 Å². The monoisotopic (exact) mass is 314 g/mol. The highest BCUT2D eigenvalue weighted by molar-refractivity contribution is 7.16. The third-order valence-corrected chi connectivity index (χ3v) is 5.93. The molecule has 2 aromatic rings. The van der Waals surface area contributed by atoms with Crippen molar-refractivity contribution in [2.75, 3.05) is 0 Å². The highest BCUT2D eigenvalue weighted by Gasteiger charge is 2.32. The van der Waals surface area contributed by atoms with E-state index in [1.165, 1.54) is 10.4 Å². The number of aromatic carboxylic acids is 1. The van der Waals surface area contributed by atoms with Gasteiger partial charge in [-0.3, -0.25) is 0 Å². The van der Waals surface area contributed by atoms with Gasteiger partial charge in [0.2, 0.25) is 0 Å². The fourth-order valence-electron chi connectivity index (χ4n) is 3.28. The number of hydrogen-bond donors (Lipinski definition) is 1. The lowest BCUT2D eigenvalue weighted by Gasteiger charge is -2.29. The lowest BCUT2D eigenvalue weighted by Crippen LogP contribution is -2.22. The van der Waals surface area contributed by atoms with Crippen molar-refractivity contribution in [2.24, 2.45) is 5.41 Å². The van der Waals surface area contributed by atoms with Gasteiger partial charge in [0.25, 0.3) is 0 Å². The topological polar surface area (TPSA) is 37.3 Å². The number of carbonyl (C=O) groups is 1. The van der Waals surface area contributed by atoms with Crippen LogP contribution >= 0.6 is 11.3 Å². The first-order valence-corrected chi connectivity index (χ1v) is 8.70. The number of fused-ring (bicyclic) bond motifs is 1. The van der Waals surface area contributed by atoms with Crippen LogP contribution in [0.15, 0.2) is 24.3 Å². The van der Waals surface area contributed by atoms with Crippen LogP contribution in [0.5, 0.6) is 0 Å². The van der Waals surface area contributed by atoms with E-state index in [2.05, 4.69) is 32.9 Å². The number of rotatable bonds is 3. The zero-order valence-electron chi connectivity index (χ0n) is 13.4. The van der Waals surface area contributed by atoms with Gasteiger partial charge in [-0.1, -0.05) is 45.0 Å². The van der Waals surface area contributed by atoms with E-state index in [4.69, 9.17) is 0 Å². The van der Waals surface area contributed by atoms with Gasteiger partial charge in [-0.05, 0) is 47.8 Å². The van der Waals surface area contributed by atoms with Gasteiger partial charge in [-0.15, -0.1) is 11.3 Å². The summed E-state index contributed by atoms with van der Waals surface area (Å²) in [6.45, 7) is 6.59. The van der Waals surface area contributed by atoms with Crippen LogP contribution in [0.1, 0.15) is 53.6 Å². The zero-order chi connectivity index (χ0) is 15.9. The van der Waals surface area contributed by atoms with Gasteiger partial charge in [0.05, 0.1) is 5.56 Å². The van der Waals surface area contributed by atoms with Crippen molar-refractivity contribution in [1.82, 2.24) is 0 Å². The Hall–Kier alpha value is -1.61. The summed E-state index contributed by atoms with van der Waals surface area (Å²) >= 11 is 1.68. The van der Waals surface area contributed by atoms with Crippen LogP contribution < -0.4 is 0 Å². The molecule has 0 spiro atoms. The molecule has 3 rings (SSSR count). The summed E-state index contributed by atoms with van der Waals surface area (Å²) in [5, 5.41) is 9.78. The molecule has 0 saturated heterocycles. The Bertz CT molecular complexity index is 725. The van der Waals surface area contributed by atoms with E-state index in [9.17, 15) is 9.90 Å². The van der Waals surface area contributed by atoms with Crippen LogP contribution in [0.3, 0.4) is 0 Å². The number of thiophene rings is 1. The van der Waals surface area contributed by atoms with Crippen molar-refractivity contribution in [1.29, 1.82) is 0 Å². The number of carboxylic acid groups (broad SMARTS) is 1. The van der Waals surface area contributed by atoms with Crippen LogP contribution in [0.4, 0.5) is 0 Å². The summed E-state index contributed by atoms with van der Waals surface area (Å²) in [7, 11) is 0. The summed E-state index contributed by atoms with van der Waals surface area (Å²) in [6.07, 6.45) is 3.97. The SMILES string of the molecule is CCc1cccc(-c2sc3c(c2C(=O)O)CC(C)(C)CC3)c1. The molecule has 3 heteroatoms. The quantitative estimate of drug-likeness (QED) is 0.846. The summed E-state index contributed by atoms with van der Waals surface area (Å²) in [4.78, 5) is 14.1. The highest BCUT2D eigenvalue weighted by atomic mass is 32.1. The lowest BCUT2D eigenvalue weighted by molar-refractivity contribution is 0.0696. The van der Waals surface area contributed by atoms with Gasteiger partial charge in [-0.25, -0.2) is 4.79 Å². The Morgan fingerprint density at radius 1 is 1.36 bits per heavy atom. The molecule has 0 fully saturated rings. The molecule has 1 aliphatic rings. The van der Waals surface area contributed by atoms with E-state index in [0.29, 0.717) is 5.56 Å². The van der Waals surface area contributed by atoms with Crippen LogP contribution in [0.25, 0.3) is 10.4 Å². The minimum Gasteiger partial charge on any atom is -0.478 e. The fourth-order valence-corrected chi connectivity index (χ4v) is 4.59. The molecule has 0 amide bonds. The third kappa shape index (κ3) is 2.70. The Labute approximate surface area is 135 Å². The number of benzene rings is 1. The summed E-state index contributed by atoms with van der Waals surface area (Å²) in [5.74, 6) is -0.785. The first-order chi connectivity index (χ1) is 10.4. The predicted molar refractivity (Wildman–Crippen MR) is 91.9 cm³/mol. The van der Waals surface area contributed by atoms with E-state index in [1.807, 2.05) is 12.1 Å². The van der Waals surface area contributed by atoms with E-state index in [1.54, 1.807) is 11.3 Å². The van der Waals surface area contributed by atoms with Gasteiger partial charge < -0.3 is 5.11 Å². The van der Waals surface area contributed by atoms with Crippen LogP contribution in [0.2, 0.25) is 0 Å². The number of carboxylic acids is 1. The Kier molecular flexibility index (Phi) is 3.85. The zero-order valence-corrected chi connectivity index (χ0v) is 14.2. The van der Waals surface area contributed by atoms with Crippen LogP contribution in [-0.2, 0) is 19.3 Å². The average molecular weight is 314 g/mol. The molecule has 1 aromatic heterocycles. The Morgan fingerprint density at radius 3 is 2.82 bits per heavy atom. The second kappa shape index (κ2) is 5.54. The van der Waals surface area contributed by atoms with Crippen molar-refractivity contribution in [3.63, 3.8) is 0 Å². The Balaban J connectivity index is 2.16. The molecule has 22 heavy (non-hydrogen) atoms. The number of hydrogen-bond acceptors (Lipinski definition) is 2. The van der Waals surface area contributed by atoms with E-state index >= 15 is 0 Å². The van der Waals surface area contributed by atoms with Gasteiger partial charge in [-0.2, -0.15) is 0 Å². The molecule has 0 radical (unpaired) electrons. The summed E-state index contributed by atoms with van der Waals surface area (Å²) in [6, 6.07) is 8.30. The van der Waals surface area contributed by atoms with Crippen molar-refractivity contribution in [3.8, 4) is 10.4 Å².